The molecular weight excluding hydrogens is 348 g/mol. The zero-order chi connectivity index (χ0) is 18.1. The maximum absolute atomic E-state index is 11.5. The molecule has 0 saturated carbocycles. The zero-order valence-corrected chi connectivity index (χ0v) is 14.5. The van der Waals surface area contributed by atoms with Crippen molar-refractivity contribution in [1.29, 1.82) is 0 Å². The number of fused-ring (bicyclic) bond motifs is 1. The van der Waals surface area contributed by atoms with E-state index in [9.17, 15) is 19.8 Å². The molecule has 1 aliphatic rings. The van der Waals surface area contributed by atoms with Gasteiger partial charge >= 0.3 is 11.6 Å². The second-order valence-electron chi connectivity index (χ2n) is 5.86. The number of carbonyl (C=O) groups is 1. The van der Waals surface area contributed by atoms with Crippen LogP contribution in [-0.4, -0.2) is 45.7 Å². The SMILES string of the molecule is CC(=O)O[C@@H]1CS[C@H](Oc2ccc3c(C)cc(=O)oc3c2)[C@H](O)[C@H]1O. The number of rotatable bonds is 3. The summed E-state index contributed by atoms with van der Waals surface area (Å²) in [6.45, 7) is 3.06. The molecule has 8 heteroatoms. The largest absolute Gasteiger partial charge is 0.477 e. The Morgan fingerprint density at radius 2 is 2.04 bits per heavy atom. The van der Waals surface area contributed by atoms with E-state index in [0.29, 0.717) is 17.1 Å². The zero-order valence-electron chi connectivity index (χ0n) is 13.7. The van der Waals surface area contributed by atoms with E-state index in [2.05, 4.69) is 0 Å². The number of esters is 1. The van der Waals surface area contributed by atoms with Gasteiger partial charge in [0.2, 0.25) is 0 Å². The number of ether oxygens (including phenoxy) is 2. The first-order chi connectivity index (χ1) is 11.8. The van der Waals surface area contributed by atoms with Gasteiger partial charge in [-0.05, 0) is 24.6 Å². The van der Waals surface area contributed by atoms with E-state index in [1.807, 2.05) is 6.92 Å². The maximum Gasteiger partial charge on any atom is 0.336 e. The van der Waals surface area contributed by atoms with Gasteiger partial charge in [-0.3, -0.25) is 4.79 Å². The van der Waals surface area contributed by atoms with Crippen LogP contribution in [0.1, 0.15) is 12.5 Å². The molecule has 1 aromatic carbocycles. The van der Waals surface area contributed by atoms with Gasteiger partial charge in [0.15, 0.2) is 5.44 Å². The second kappa shape index (κ2) is 7.07. The van der Waals surface area contributed by atoms with Crippen LogP contribution in [0, 0.1) is 6.92 Å². The summed E-state index contributed by atoms with van der Waals surface area (Å²) in [5.74, 6) is 0.177. The van der Waals surface area contributed by atoms with Gasteiger partial charge in [-0.15, -0.1) is 11.8 Å². The first-order valence-corrected chi connectivity index (χ1v) is 8.76. The first-order valence-electron chi connectivity index (χ1n) is 7.71. The highest BCUT2D eigenvalue weighted by Crippen LogP contribution is 2.31. The van der Waals surface area contributed by atoms with Crippen molar-refractivity contribution in [2.24, 2.45) is 0 Å². The summed E-state index contributed by atoms with van der Waals surface area (Å²) in [5, 5.41) is 21.1. The Hall–Kier alpha value is -2.03. The van der Waals surface area contributed by atoms with E-state index >= 15 is 0 Å². The van der Waals surface area contributed by atoms with Gasteiger partial charge in [0.1, 0.15) is 29.6 Å². The van der Waals surface area contributed by atoms with Crippen LogP contribution in [0.4, 0.5) is 0 Å². The van der Waals surface area contributed by atoms with E-state index in [1.165, 1.54) is 24.8 Å². The van der Waals surface area contributed by atoms with Crippen LogP contribution >= 0.6 is 11.8 Å². The molecular formula is C17H18O7S. The Morgan fingerprint density at radius 1 is 1.28 bits per heavy atom. The summed E-state index contributed by atoms with van der Waals surface area (Å²) in [5.41, 5.74) is -0.00896. The molecule has 1 aromatic heterocycles. The summed E-state index contributed by atoms with van der Waals surface area (Å²) in [6, 6.07) is 6.45. The lowest BCUT2D eigenvalue weighted by atomic mass is 10.1. The van der Waals surface area contributed by atoms with Crippen molar-refractivity contribution in [3.63, 3.8) is 0 Å². The second-order valence-corrected chi connectivity index (χ2v) is 6.99. The van der Waals surface area contributed by atoms with Crippen molar-refractivity contribution in [2.75, 3.05) is 5.75 Å². The first kappa shape index (κ1) is 17.8. The van der Waals surface area contributed by atoms with Gasteiger partial charge in [-0.2, -0.15) is 0 Å². The van der Waals surface area contributed by atoms with Crippen molar-refractivity contribution in [1.82, 2.24) is 0 Å². The lowest BCUT2D eigenvalue weighted by molar-refractivity contribution is -0.157. The molecule has 7 nitrogen and oxygen atoms in total. The van der Waals surface area contributed by atoms with Crippen molar-refractivity contribution in [3.05, 3.63) is 40.2 Å². The molecule has 1 aliphatic heterocycles. The molecule has 2 aromatic rings. The molecule has 0 spiro atoms. The molecule has 1 saturated heterocycles. The Morgan fingerprint density at radius 3 is 2.76 bits per heavy atom. The Bertz CT molecular complexity index is 846. The number of aryl methyl sites for hydroxylation is 1. The summed E-state index contributed by atoms with van der Waals surface area (Å²) in [4.78, 5) is 22.5. The average molecular weight is 366 g/mol. The number of aliphatic hydroxyl groups excluding tert-OH is 2. The fraction of sp³-hybridized carbons (Fsp3) is 0.412. The summed E-state index contributed by atoms with van der Waals surface area (Å²) in [6.07, 6.45) is -3.26. The fourth-order valence-corrected chi connectivity index (χ4v) is 3.88. The van der Waals surface area contributed by atoms with Crippen LogP contribution in [0.15, 0.2) is 33.5 Å². The number of thioether (sulfide) groups is 1. The quantitative estimate of drug-likeness (QED) is 0.617. The topological polar surface area (TPSA) is 106 Å². The minimum Gasteiger partial charge on any atom is -0.477 e. The minimum absolute atomic E-state index is 0.296. The monoisotopic (exact) mass is 366 g/mol. The molecule has 4 atom stereocenters. The van der Waals surface area contributed by atoms with Gasteiger partial charge in [0.05, 0.1) is 0 Å². The predicted molar refractivity (Wildman–Crippen MR) is 91.7 cm³/mol. The molecule has 3 rings (SSSR count). The third kappa shape index (κ3) is 3.81. The molecule has 2 N–H and O–H groups in total. The van der Waals surface area contributed by atoms with Crippen molar-refractivity contribution < 1.29 is 28.9 Å². The summed E-state index contributed by atoms with van der Waals surface area (Å²) in [7, 11) is 0. The molecule has 0 amide bonds. The van der Waals surface area contributed by atoms with Gasteiger partial charge in [-0.1, -0.05) is 0 Å². The molecule has 2 heterocycles. The Labute approximate surface area is 147 Å². The number of benzene rings is 1. The molecule has 134 valence electrons. The smallest absolute Gasteiger partial charge is 0.336 e. The van der Waals surface area contributed by atoms with E-state index in [1.54, 1.807) is 18.2 Å². The van der Waals surface area contributed by atoms with Crippen LogP contribution in [-0.2, 0) is 9.53 Å². The summed E-state index contributed by atoms with van der Waals surface area (Å²) < 4.78 is 15.9. The third-order valence-electron chi connectivity index (χ3n) is 3.93. The summed E-state index contributed by atoms with van der Waals surface area (Å²) >= 11 is 1.23. The van der Waals surface area contributed by atoms with Gasteiger partial charge in [-0.25, -0.2) is 4.79 Å². The Kier molecular flexibility index (Phi) is 5.03. The van der Waals surface area contributed by atoms with E-state index < -0.39 is 35.3 Å². The maximum atomic E-state index is 11.5. The van der Waals surface area contributed by atoms with Gasteiger partial charge in [0, 0.05) is 30.2 Å². The van der Waals surface area contributed by atoms with Crippen LogP contribution in [0.5, 0.6) is 5.75 Å². The van der Waals surface area contributed by atoms with Crippen LogP contribution in [0.2, 0.25) is 0 Å². The highest BCUT2D eigenvalue weighted by molar-refractivity contribution is 7.99. The van der Waals surface area contributed by atoms with E-state index in [-0.39, 0.29) is 0 Å². The molecule has 1 fully saturated rings. The van der Waals surface area contributed by atoms with E-state index in [0.717, 1.165) is 10.9 Å². The van der Waals surface area contributed by atoms with Crippen LogP contribution in [0.3, 0.4) is 0 Å². The molecule has 0 radical (unpaired) electrons. The highest BCUT2D eigenvalue weighted by Gasteiger charge is 2.41. The van der Waals surface area contributed by atoms with Crippen molar-refractivity contribution in [3.8, 4) is 5.75 Å². The number of aliphatic hydroxyl groups is 2. The van der Waals surface area contributed by atoms with E-state index in [4.69, 9.17) is 13.9 Å². The molecule has 25 heavy (non-hydrogen) atoms. The lowest BCUT2D eigenvalue weighted by Crippen LogP contribution is -2.52. The molecule has 0 aliphatic carbocycles. The number of hydrogen-bond donors (Lipinski definition) is 2. The third-order valence-corrected chi connectivity index (χ3v) is 5.15. The number of carbonyl (C=O) groups excluding carboxylic acids is 1. The fourth-order valence-electron chi connectivity index (χ4n) is 2.70. The minimum atomic E-state index is -1.24. The van der Waals surface area contributed by atoms with Crippen molar-refractivity contribution >= 4 is 28.7 Å². The van der Waals surface area contributed by atoms with Gasteiger partial charge in [0.25, 0.3) is 0 Å². The molecule has 0 bridgehead atoms. The highest BCUT2D eigenvalue weighted by atomic mass is 32.2. The van der Waals surface area contributed by atoms with Gasteiger partial charge < -0.3 is 24.1 Å². The Balaban J connectivity index is 1.77. The number of hydrogen-bond acceptors (Lipinski definition) is 8. The van der Waals surface area contributed by atoms with Crippen LogP contribution in [0.25, 0.3) is 11.0 Å². The standard InChI is InChI=1S/C17H18O7S/c1-8-5-14(19)24-12-6-10(3-4-11(8)12)23-17-16(21)15(20)13(7-25-17)22-9(2)18/h3-6,13,15-17,20-21H,7H2,1-2H3/t13-,15+,16-,17+/m1/s1. The predicted octanol–water partition coefficient (Wildman–Crippen LogP) is 1.21. The lowest BCUT2D eigenvalue weighted by Gasteiger charge is -2.36. The van der Waals surface area contributed by atoms with Crippen molar-refractivity contribution in [2.45, 2.75) is 37.6 Å². The molecule has 0 unspecified atom stereocenters. The average Bonchev–Trinajstić information content (AvgIpc) is 2.53. The normalized spacial score (nSPS) is 26.4. The van der Waals surface area contributed by atoms with Crippen LogP contribution < -0.4 is 10.4 Å².